The second-order valence-corrected chi connectivity index (χ2v) is 6.28. The number of ether oxygens (including phenoxy) is 1. The molecule has 0 fully saturated rings. The molecule has 1 aromatic carbocycles. The molecule has 0 saturated heterocycles. The van der Waals surface area contributed by atoms with Gasteiger partial charge in [-0.05, 0) is 25.5 Å². The van der Waals surface area contributed by atoms with E-state index in [1.165, 1.54) is 16.1 Å². The van der Waals surface area contributed by atoms with Crippen molar-refractivity contribution in [1.29, 1.82) is 0 Å². The van der Waals surface area contributed by atoms with Crippen LogP contribution >= 0.6 is 24.0 Å². The van der Waals surface area contributed by atoms with Crippen LogP contribution in [0, 0.1) is 6.92 Å². The lowest BCUT2D eigenvalue weighted by Crippen LogP contribution is -2.01. The maximum absolute atomic E-state index is 5.76. The van der Waals surface area contributed by atoms with Gasteiger partial charge in [0.25, 0.3) is 0 Å². The fourth-order valence-corrected chi connectivity index (χ4v) is 3.32. The van der Waals surface area contributed by atoms with E-state index >= 15 is 0 Å². The third-order valence-corrected chi connectivity index (χ3v) is 4.75. The van der Waals surface area contributed by atoms with Crippen LogP contribution in [-0.2, 0) is 18.6 Å². The van der Waals surface area contributed by atoms with Gasteiger partial charge in [0.1, 0.15) is 5.75 Å². The van der Waals surface area contributed by atoms with Gasteiger partial charge in [0.2, 0.25) is 0 Å². The Labute approximate surface area is 130 Å². The first kappa shape index (κ1) is 15.4. The van der Waals surface area contributed by atoms with E-state index in [2.05, 4.69) is 38.6 Å². The normalized spacial score (nSPS) is 10.8. The number of hydrogen-bond donors (Lipinski definition) is 1. The number of benzene rings is 1. The van der Waals surface area contributed by atoms with E-state index in [1.54, 1.807) is 11.3 Å². The van der Waals surface area contributed by atoms with Gasteiger partial charge in [0.05, 0.1) is 17.3 Å². The van der Waals surface area contributed by atoms with Crippen LogP contribution in [-0.4, -0.2) is 11.6 Å². The number of thiazole rings is 1. The molecular formula is C16H21NOS2. The predicted octanol–water partition coefficient (Wildman–Crippen LogP) is 4.46. The summed E-state index contributed by atoms with van der Waals surface area (Å²) in [5.41, 5.74) is 2.47. The summed E-state index contributed by atoms with van der Waals surface area (Å²) in [6.45, 7) is 4.93. The highest BCUT2D eigenvalue weighted by atomic mass is 32.1. The minimum Gasteiger partial charge on any atom is -0.493 e. The second kappa shape index (κ2) is 7.70. The average molecular weight is 307 g/mol. The van der Waals surface area contributed by atoms with Gasteiger partial charge in [-0.25, -0.2) is 4.98 Å². The Morgan fingerprint density at radius 1 is 1.20 bits per heavy atom. The van der Waals surface area contributed by atoms with Crippen LogP contribution in [0.4, 0.5) is 0 Å². The number of rotatable bonds is 7. The van der Waals surface area contributed by atoms with Crippen molar-refractivity contribution in [1.82, 2.24) is 4.98 Å². The Bertz CT molecular complexity index is 534. The summed E-state index contributed by atoms with van der Waals surface area (Å²) < 4.78 is 5.76. The summed E-state index contributed by atoms with van der Waals surface area (Å²) in [5.74, 6) is 1.71. The molecule has 0 amide bonds. The number of aryl methyl sites for hydroxylation is 2. The Kier molecular flexibility index (Phi) is 5.92. The maximum Gasteiger partial charge on any atom is 0.119 e. The molecule has 0 aliphatic heterocycles. The first-order valence-corrected chi connectivity index (χ1v) is 8.45. The highest BCUT2D eigenvalue weighted by Crippen LogP contribution is 2.22. The summed E-state index contributed by atoms with van der Waals surface area (Å²) in [5, 5.41) is 1.16. The van der Waals surface area contributed by atoms with Gasteiger partial charge in [0, 0.05) is 17.1 Å². The van der Waals surface area contributed by atoms with Crippen LogP contribution in [0.15, 0.2) is 24.3 Å². The number of hydrogen-bond acceptors (Lipinski definition) is 4. The van der Waals surface area contributed by atoms with Gasteiger partial charge in [-0.1, -0.05) is 31.0 Å². The molecule has 2 rings (SSSR count). The van der Waals surface area contributed by atoms with Crippen molar-refractivity contribution < 1.29 is 4.74 Å². The quantitative estimate of drug-likeness (QED) is 0.763. The lowest BCUT2D eigenvalue weighted by Gasteiger charge is -2.04. The first-order valence-electron chi connectivity index (χ1n) is 7.00. The molecule has 0 atom stereocenters. The van der Waals surface area contributed by atoms with Crippen LogP contribution in [0.2, 0.25) is 0 Å². The molecular weight excluding hydrogens is 286 g/mol. The van der Waals surface area contributed by atoms with E-state index < -0.39 is 0 Å². The summed E-state index contributed by atoms with van der Waals surface area (Å²) in [6.07, 6.45) is 3.04. The third kappa shape index (κ3) is 4.25. The molecule has 20 heavy (non-hydrogen) atoms. The van der Waals surface area contributed by atoms with Crippen molar-refractivity contribution in [3.63, 3.8) is 0 Å². The Balaban J connectivity index is 1.89. The van der Waals surface area contributed by atoms with E-state index in [0.29, 0.717) is 6.61 Å². The lowest BCUT2D eigenvalue weighted by molar-refractivity contribution is 0.321. The molecule has 4 heteroatoms. The van der Waals surface area contributed by atoms with Crippen LogP contribution in [0.5, 0.6) is 5.75 Å². The zero-order valence-electron chi connectivity index (χ0n) is 12.1. The third-order valence-electron chi connectivity index (χ3n) is 3.06. The molecule has 0 bridgehead atoms. The minimum absolute atomic E-state index is 0.675. The molecule has 2 aromatic rings. The van der Waals surface area contributed by atoms with Crippen LogP contribution in [0.3, 0.4) is 0 Å². The van der Waals surface area contributed by atoms with Gasteiger partial charge in [-0.15, -0.1) is 11.3 Å². The van der Waals surface area contributed by atoms with Crippen molar-refractivity contribution in [3.05, 3.63) is 45.4 Å². The van der Waals surface area contributed by atoms with Gasteiger partial charge in [-0.2, -0.15) is 12.6 Å². The second-order valence-electron chi connectivity index (χ2n) is 4.80. The average Bonchev–Trinajstić information content (AvgIpc) is 2.84. The van der Waals surface area contributed by atoms with Crippen molar-refractivity contribution in [3.8, 4) is 5.75 Å². The molecule has 0 N–H and O–H groups in total. The highest BCUT2D eigenvalue weighted by Gasteiger charge is 2.09. The Hall–Kier alpha value is -1.00. The predicted molar refractivity (Wildman–Crippen MR) is 89.2 cm³/mol. The molecule has 0 saturated carbocycles. The SMILES string of the molecule is CCCc1nc(CCOc2ccc(C)cc2)sc1CS. The zero-order valence-corrected chi connectivity index (χ0v) is 13.8. The Morgan fingerprint density at radius 2 is 1.95 bits per heavy atom. The van der Waals surface area contributed by atoms with Gasteiger partial charge >= 0.3 is 0 Å². The molecule has 1 aromatic heterocycles. The van der Waals surface area contributed by atoms with Gasteiger partial charge in [-0.3, -0.25) is 0 Å². The van der Waals surface area contributed by atoms with E-state index in [-0.39, 0.29) is 0 Å². The van der Waals surface area contributed by atoms with Crippen molar-refractivity contribution in [2.24, 2.45) is 0 Å². The van der Waals surface area contributed by atoms with E-state index in [1.807, 2.05) is 12.1 Å². The smallest absolute Gasteiger partial charge is 0.119 e. The van der Waals surface area contributed by atoms with E-state index in [0.717, 1.165) is 35.8 Å². The van der Waals surface area contributed by atoms with Crippen LogP contribution in [0.1, 0.15) is 34.5 Å². The molecule has 108 valence electrons. The number of thiol groups is 1. The largest absolute Gasteiger partial charge is 0.493 e. The first-order chi connectivity index (χ1) is 9.72. The van der Waals surface area contributed by atoms with Crippen molar-refractivity contribution in [2.45, 2.75) is 38.9 Å². The lowest BCUT2D eigenvalue weighted by atomic mass is 10.2. The van der Waals surface area contributed by atoms with Crippen molar-refractivity contribution >= 4 is 24.0 Å². The van der Waals surface area contributed by atoms with Crippen LogP contribution in [0.25, 0.3) is 0 Å². The number of aromatic nitrogens is 1. The molecule has 0 aliphatic carbocycles. The molecule has 0 spiro atoms. The topological polar surface area (TPSA) is 22.1 Å². The summed E-state index contributed by atoms with van der Waals surface area (Å²) in [4.78, 5) is 6.01. The summed E-state index contributed by atoms with van der Waals surface area (Å²) in [7, 11) is 0. The molecule has 2 nitrogen and oxygen atoms in total. The number of nitrogens with zero attached hydrogens (tertiary/aromatic N) is 1. The van der Waals surface area contributed by atoms with E-state index in [9.17, 15) is 0 Å². The molecule has 0 aliphatic rings. The zero-order chi connectivity index (χ0) is 14.4. The monoisotopic (exact) mass is 307 g/mol. The standard InChI is InChI=1S/C16H21NOS2/c1-3-4-14-15(11-19)20-16(17-14)9-10-18-13-7-5-12(2)6-8-13/h5-8,19H,3-4,9-11H2,1-2H3. The molecule has 0 unspecified atom stereocenters. The van der Waals surface area contributed by atoms with Gasteiger partial charge in [0.15, 0.2) is 0 Å². The van der Waals surface area contributed by atoms with E-state index in [4.69, 9.17) is 9.72 Å². The summed E-state index contributed by atoms with van der Waals surface area (Å²) in [6, 6.07) is 8.16. The fraction of sp³-hybridized carbons (Fsp3) is 0.438. The minimum atomic E-state index is 0.675. The maximum atomic E-state index is 5.76. The molecule has 0 radical (unpaired) electrons. The highest BCUT2D eigenvalue weighted by molar-refractivity contribution is 7.79. The summed E-state index contributed by atoms with van der Waals surface area (Å²) >= 11 is 6.15. The van der Waals surface area contributed by atoms with Crippen molar-refractivity contribution in [2.75, 3.05) is 6.61 Å². The van der Waals surface area contributed by atoms with Crippen LogP contribution < -0.4 is 4.74 Å². The molecule has 1 heterocycles. The fourth-order valence-electron chi connectivity index (χ4n) is 1.99. The van der Waals surface area contributed by atoms with Gasteiger partial charge < -0.3 is 4.74 Å². The Morgan fingerprint density at radius 3 is 2.60 bits per heavy atom.